The quantitative estimate of drug-likeness (QED) is 0.474. The Morgan fingerprint density at radius 1 is 1.70 bits per heavy atom. The van der Waals surface area contributed by atoms with E-state index < -0.39 is 22.7 Å². The molecule has 0 aliphatic carbocycles. The van der Waals surface area contributed by atoms with Gasteiger partial charge < -0.3 is 4.74 Å². The van der Waals surface area contributed by atoms with Crippen LogP contribution in [0, 0.1) is 0 Å². The van der Waals surface area contributed by atoms with Gasteiger partial charge in [0.2, 0.25) is 0 Å². The van der Waals surface area contributed by atoms with E-state index in [1.807, 2.05) is 0 Å². The minimum absolute atomic E-state index is 0.435. The third-order valence-electron chi connectivity index (χ3n) is 0.645. The smallest absolute Gasteiger partial charge is 0.320 e. The molecule has 0 rings (SSSR count). The van der Waals surface area contributed by atoms with Crippen molar-refractivity contribution in [3.63, 3.8) is 0 Å². The molecule has 0 bridgehead atoms. The maximum Gasteiger partial charge on any atom is 0.320 e. The average Bonchev–Trinajstić information content (AvgIpc) is 1.81. The number of nitrogens with one attached hydrogen (secondary N) is 1. The average molecular weight is 168 g/mol. The van der Waals surface area contributed by atoms with Crippen LogP contribution in [0.1, 0.15) is 0 Å². The maximum atomic E-state index is 10.3. The summed E-state index contributed by atoms with van der Waals surface area (Å²) in [7, 11) is -2.63. The van der Waals surface area contributed by atoms with Gasteiger partial charge in [-0.25, -0.2) is 5.14 Å². The van der Waals surface area contributed by atoms with Crippen molar-refractivity contribution in [1.82, 2.24) is 4.72 Å². The summed E-state index contributed by atoms with van der Waals surface area (Å²) in [6.45, 7) is -0.435. The van der Waals surface area contributed by atoms with Gasteiger partial charge in [0.05, 0.1) is 7.11 Å². The zero-order valence-corrected chi connectivity index (χ0v) is 6.14. The monoisotopic (exact) mass is 168 g/mol. The van der Waals surface area contributed by atoms with Crippen LogP contribution in [0.2, 0.25) is 0 Å². The van der Waals surface area contributed by atoms with Crippen molar-refractivity contribution in [1.29, 1.82) is 0 Å². The van der Waals surface area contributed by atoms with Gasteiger partial charge in [-0.05, 0) is 0 Å². The van der Waals surface area contributed by atoms with Crippen molar-refractivity contribution in [2.75, 3.05) is 13.7 Å². The second kappa shape index (κ2) is 3.49. The van der Waals surface area contributed by atoms with Gasteiger partial charge in [0.15, 0.2) is 0 Å². The molecule has 0 amide bonds. The molecular formula is C3H8N2O4S. The van der Waals surface area contributed by atoms with Crippen molar-refractivity contribution in [3.05, 3.63) is 0 Å². The number of hydrogen-bond donors (Lipinski definition) is 2. The van der Waals surface area contributed by atoms with Crippen LogP contribution in [0.3, 0.4) is 0 Å². The highest BCUT2D eigenvalue weighted by Crippen LogP contribution is 1.71. The lowest BCUT2D eigenvalue weighted by molar-refractivity contribution is -0.139. The third-order valence-corrected chi connectivity index (χ3v) is 1.19. The number of nitrogens with two attached hydrogens (primary N) is 1. The Labute approximate surface area is 58.5 Å². The summed E-state index contributed by atoms with van der Waals surface area (Å²) in [5, 5.41) is 4.49. The van der Waals surface area contributed by atoms with Crippen LogP contribution in [0.15, 0.2) is 0 Å². The molecule has 0 saturated heterocycles. The van der Waals surface area contributed by atoms with Crippen LogP contribution < -0.4 is 9.86 Å². The third kappa shape index (κ3) is 5.48. The fraction of sp³-hybridized carbons (Fsp3) is 0.667. The normalized spacial score (nSPS) is 11.0. The topological polar surface area (TPSA) is 98.5 Å². The lowest BCUT2D eigenvalue weighted by Gasteiger charge is -1.98. The molecule has 60 valence electrons. The van der Waals surface area contributed by atoms with Crippen LogP contribution in [-0.2, 0) is 19.7 Å². The van der Waals surface area contributed by atoms with Crippen LogP contribution in [0.25, 0.3) is 0 Å². The fourth-order valence-electron chi connectivity index (χ4n) is 0.232. The molecule has 7 heteroatoms. The summed E-state index contributed by atoms with van der Waals surface area (Å²) in [6, 6.07) is 0. The van der Waals surface area contributed by atoms with Crippen LogP contribution in [0.4, 0.5) is 0 Å². The Balaban J connectivity index is 3.67. The van der Waals surface area contributed by atoms with Crippen LogP contribution in [0.5, 0.6) is 0 Å². The summed E-state index contributed by atoms with van der Waals surface area (Å²) >= 11 is 0. The summed E-state index contributed by atoms with van der Waals surface area (Å²) in [5.41, 5.74) is 0. The lowest BCUT2D eigenvalue weighted by Crippen LogP contribution is -2.35. The molecule has 0 aliphatic rings. The minimum atomic E-state index is -3.78. The first kappa shape index (κ1) is 9.34. The van der Waals surface area contributed by atoms with E-state index in [0.29, 0.717) is 0 Å². The van der Waals surface area contributed by atoms with Crippen molar-refractivity contribution in [2.24, 2.45) is 5.14 Å². The molecule has 0 radical (unpaired) electrons. The largest absolute Gasteiger partial charge is 0.468 e. The first-order valence-corrected chi connectivity index (χ1v) is 3.84. The number of hydrogen-bond acceptors (Lipinski definition) is 4. The molecule has 0 unspecified atom stereocenters. The summed E-state index contributed by atoms with van der Waals surface area (Å²) in [6.07, 6.45) is 0. The summed E-state index contributed by atoms with van der Waals surface area (Å²) in [4.78, 5) is 10.3. The molecule has 0 saturated carbocycles. The highest BCUT2D eigenvalue weighted by atomic mass is 32.2. The number of carbonyl (C=O) groups excluding carboxylic acids is 1. The first-order chi connectivity index (χ1) is 4.45. The second-order valence-electron chi connectivity index (χ2n) is 1.44. The number of rotatable bonds is 3. The summed E-state index contributed by atoms with van der Waals surface area (Å²) < 4.78 is 26.1. The lowest BCUT2D eigenvalue weighted by atomic mass is 10.7. The molecule has 0 aliphatic heterocycles. The van der Waals surface area contributed by atoms with E-state index >= 15 is 0 Å². The van der Waals surface area contributed by atoms with Crippen molar-refractivity contribution >= 4 is 16.2 Å². The number of carbonyl (C=O) groups is 1. The SMILES string of the molecule is COC(=O)CNS(N)(=O)=O. The zero-order chi connectivity index (χ0) is 8.20. The van der Waals surface area contributed by atoms with E-state index in [2.05, 4.69) is 9.88 Å². The van der Waals surface area contributed by atoms with E-state index in [4.69, 9.17) is 0 Å². The number of methoxy groups -OCH3 is 1. The fourth-order valence-corrected chi connectivity index (χ4v) is 0.551. The maximum absolute atomic E-state index is 10.3. The molecule has 0 aromatic rings. The predicted octanol–water partition coefficient (Wildman–Crippen LogP) is -2.05. The Morgan fingerprint density at radius 2 is 2.20 bits per heavy atom. The van der Waals surface area contributed by atoms with E-state index in [1.165, 1.54) is 0 Å². The van der Waals surface area contributed by atoms with Gasteiger partial charge in [-0.1, -0.05) is 0 Å². The Morgan fingerprint density at radius 3 is 2.50 bits per heavy atom. The Bertz CT molecular complexity index is 209. The highest BCUT2D eigenvalue weighted by molar-refractivity contribution is 7.87. The van der Waals surface area contributed by atoms with Crippen LogP contribution >= 0.6 is 0 Å². The van der Waals surface area contributed by atoms with Gasteiger partial charge in [0, 0.05) is 0 Å². The molecular weight excluding hydrogens is 160 g/mol. The summed E-state index contributed by atoms with van der Waals surface area (Å²) in [5.74, 6) is -0.686. The Kier molecular flexibility index (Phi) is 3.26. The second-order valence-corrected chi connectivity index (χ2v) is 2.82. The van der Waals surface area contributed by atoms with Crippen molar-refractivity contribution < 1.29 is 17.9 Å². The molecule has 3 N–H and O–H groups in total. The van der Waals surface area contributed by atoms with Crippen LogP contribution in [-0.4, -0.2) is 28.0 Å². The molecule has 0 atom stereocenters. The van der Waals surface area contributed by atoms with Gasteiger partial charge in [-0.3, -0.25) is 4.79 Å². The Hall–Kier alpha value is -0.660. The number of esters is 1. The van der Waals surface area contributed by atoms with Gasteiger partial charge in [0.1, 0.15) is 6.54 Å². The van der Waals surface area contributed by atoms with Gasteiger partial charge in [0.25, 0.3) is 10.2 Å². The van der Waals surface area contributed by atoms with Gasteiger partial charge in [-0.15, -0.1) is 0 Å². The highest BCUT2D eigenvalue weighted by Gasteiger charge is 2.04. The molecule has 0 spiro atoms. The van der Waals surface area contributed by atoms with E-state index in [-0.39, 0.29) is 0 Å². The standard InChI is InChI=1S/C3H8N2O4S/c1-9-3(6)2-5-10(4,7)8/h5H,2H2,1H3,(H2,4,7,8). The molecule has 0 heterocycles. The van der Waals surface area contributed by atoms with Crippen molar-refractivity contribution in [3.8, 4) is 0 Å². The van der Waals surface area contributed by atoms with E-state index in [0.717, 1.165) is 7.11 Å². The van der Waals surface area contributed by atoms with E-state index in [9.17, 15) is 13.2 Å². The molecule has 0 aromatic carbocycles. The minimum Gasteiger partial charge on any atom is -0.468 e. The van der Waals surface area contributed by atoms with Gasteiger partial charge in [-0.2, -0.15) is 13.1 Å². The van der Waals surface area contributed by atoms with Crippen molar-refractivity contribution in [2.45, 2.75) is 0 Å². The van der Waals surface area contributed by atoms with Gasteiger partial charge >= 0.3 is 5.97 Å². The predicted molar refractivity (Wildman–Crippen MR) is 33.1 cm³/mol. The zero-order valence-electron chi connectivity index (χ0n) is 5.33. The molecule has 6 nitrogen and oxygen atoms in total. The molecule has 10 heavy (non-hydrogen) atoms. The van der Waals surface area contributed by atoms with E-state index in [1.54, 1.807) is 4.72 Å². The molecule has 0 fully saturated rings. The first-order valence-electron chi connectivity index (χ1n) is 2.30. The number of ether oxygens (including phenoxy) is 1. The molecule has 0 aromatic heterocycles.